The molecule has 1 aliphatic rings. The molecule has 0 unspecified atom stereocenters. The molecule has 1 aliphatic heterocycles. The van der Waals surface area contributed by atoms with E-state index in [0.29, 0.717) is 21.2 Å². The van der Waals surface area contributed by atoms with Gasteiger partial charge in [0.2, 0.25) is 5.91 Å². The molecule has 0 radical (unpaired) electrons. The number of benzene rings is 1. The van der Waals surface area contributed by atoms with Gasteiger partial charge >= 0.3 is 5.69 Å². The van der Waals surface area contributed by atoms with Crippen LogP contribution in [-0.4, -0.2) is 39.3 Å². The van der Waals surface area contributed by atoms with E-state index in [4.69, 9.17) is 27.9 Å². The summed E-state index contributed by atoms with van der Waals surface area (Å²) in [5.74, 6) is -0.327. The quantitative estimate of drug-likeness (QED) is 0.662. The second kappa shape index (κ2) is 8.48. The molecule has 1 saturated heterocycles. The molecule has 0 bridgehead atoms. The van der Waals surface area contributed by atoms with Crippen LogP contribution >= 0.6 is 23.2 Å². The number of aryl methyl sites for hydroxylation is 1. The second-order valence-corrected chi connectivity index (χ2v) is 7.41. The lowest BCUT2D eigenvalue weighted by Gasteiger charge is -2.17. The Bertz CT molecular complexity index is 983. The third-order valence-corrected chi connectivity index (χ3v) is 5.27. The van der Waals surface area contributed by atoms with E-state index in [1.165, 1.54) is 10.8 Å². The summed E-state index contributed by atoms with van der Waals surface area (Å²) in [5, 5.41) is 13.7. The van der Waals surface area contributed by atoms with Gasteiger partial charge in [-0.25, -0.2) is 4.79 Å². The first-order valence-corrected chi connectivity index (χ1v) is 9.37. The number of halogens is 2. The van der Waals surface area contributed by atoms with Gasteiger partial charge in [-0.2, -0.15) is 0 Å². The third-order valence-electron chi connectivity index (χ3n) is 4.56. The zero-order valence-electron chi connectivity index (χ0n) is 14.9. The Morgan fingerprint density at radius 2 is 2.04 bits per heavy atom. The predicted octanol–water partition coefficient (Wildman–Crippen LogP) is 1.16. The summed E-state index contributed by atoms with van der Waals surface area (Å²) in [5.41, 5.74) is -0.219. The van der Waals surface area contributed by atoms with E-state index in [2.05, 4.69) is 10.3 Å². The standard InChI is InChI=1S/C18H19Cl2N3O5/c1-9-8-23(18(27)22-17(9)26)16-6-13(24)14(28-16)7-21-15(25)5-10-11(19)3-2-4-12(10)20/h2-4,8,13-14,16,24H,5-7H2,1H3,(H,21,25)(H,22,26,27)/t13-,14+,16+/m0/s1. The highest BCUT2D eigenvalue weighted by Gasteiger charge is 2.35. The summed E-state index contributed by atoms with van der Waals surface area (Å²) in [6, 6.07) is 4.98. The van der Waals surface area contributed by atoms with Crippen molar-refractivity contribution in [2.45, 2.75) is 38.2 Å². The van der Waals surface area contributed by atoms with Crippen LogP contribution in [0.3, 0.4) is 0 Å². The number of carbonyl (C=O) groups is 1. The van der Waals surface area contributed by atoms with E-state index >= 15 is 0 Å². The average molecular weight is 428 g/mol. The first-order valence-electron chi connectivity index (χ1n) is 8.61. The van der Waals surface area contributed by atoms with Crippen LogP contribution in [0.4, 0.5) is 0 Å². The zero-order valence-corrected chi connectivity index (χ0v) is 16.5. The van der Waals surface area contributed by atoms with Crippen molar-refractivity contribution >= 4 is 29.1 Å². The molecular formula is C18H19Cl2N3O5. The summed E-state index contributed by atoms with van der Waals surface area (Å²) >= 11 is 12.1. The van der Waals surface area contributed by atoms with Gasteiger partial charge in [-0.15, -0.1) is 0 Å². The van der Waals surface area contributed by atoms with E-state index in [1.807, 2.05) is 0 Å². The fraction of sp³-hybridized carbons (Fsp3) is 0.389. The van der Waals surface area contributed by atoms with Crippen LogP contribution in [-0.2, 0) is 16.0 Å². The van der Waals surface area contributed by atoms with Gasteiger partial charge in [0.15, 0.2) is 0 Å². The van der Waals surface area contributed by atoms with Gasteiger partial charge in [-0.3, -0.25) is 19.1 Å². The summed E-state index contributed by atoms with van der Waals surface area (Å²) < 4.78 is 6.94. The lowest BCUT2D eigenvalue weighted by molar-refractivity contribution is -0.121. The number of ether oxygens (including phenoxy) is 1. The minimum absolute atomic E-state index is 0.0106. The van der Waals surface area contributed by atoms with Gasteiger partial charge in [-0.05, 0) is 24.6 Å². The Balaban J connectivity index is 1.61. The van der Waals surface area contributed by atoms with Crippen LogP contribution in [0.15, 0.2) is 34.0 Å². The van der Waals surface area contributed by atoms with Crippen molar-refractivity contribution in [2.75, 3.05) is 6.54 Å². The highest BCUT2D eigenvalue weighted by Crippen LogP contribution is 2.27. The van der Waals surface area contributed by atoms with Crippen molar-refractivity contribution in [3.8, 4) is 0 Å². The van der Waals surface area contributed by atoms with Gasteiger partial charge in [0.05, 0.1) is 12.5 Å². The Labute approximate surface area is 170 Å². The largest absolute Gasteiger partial charge is 0.390 e. The molecule has 0 spiro atoms. The highest BCUT2D eigenvalue weighted by molar-refractivity contribution is 6.36. The molecule has 1 aromatic carbocycles. The van der Waals surface area contributed by atoms with Crippen molar-refractivity contribution in [3.63, 3.8) is 0 Å². The smallest absolute Gasteiger partial charge is 0.330 e. The third kappa shape index (κ3) is 4.47. The summed E-state index contributed by atoms with van der Waals surface area (Å²) in [7, 11) is 0. The number of rotatable bonds is 5. The van der Waals surface area contributed by atoms with Crippen molar-refractivity contribution in [1.29, 1.82) is 0 Å². The van der Waals surface area contributed by atoms with E-state index in [-0.39, 0.29) is 25.3 Å². The van der Waals surface area contributed by atoms with Crippen molar-refractivity contribution in [1.82, 2.24) is 14.9 Å². The molecule has 3 N–H and O–H groups in total. The average Bonchev–Trinajstić information content (AvgIpc) is 3.00. The van der Waals surface area contributed by atoms with Gasteiger partial charge in [0.25, 0.3) is 5.56 Å². The number of amides is 1. The summed E-state index contributed by atoms with van der Waals surface area (Å²) in [6.45, 7) is 1.62. The first kappa shape index (κ1) is 20.6. The monoisotopic (exact) mass is 427 g/mol. The Morgan fingerprint density at radius 1 is 1.36 bits per heavy atom. The maximum absolute atomic E-state index is 12.2. The normalized spacial score (nSPS) is 21.6. The number of nitrogens with one attached hydrogen (secondary N) is 2. The molecule has 10 heteroatoms. The Morgan fingerprint density at radius 3 is 2.71 bits per heavy atom. The van der Waals surface area contributed by atoms with Crippen molar-refractivity contribution < 1.29 is 14.6 Å². The molecule has 8 nitrogen and oxygen atoms in total. The SMILES string of the molecule is Cc1cn([C@H]2C[C@H](O)[C@@H](CNC(=O)Cc3c(Cl)cccc3Cl)O2)c(=O)[nH]c1=O. The van der Waals surface area contributed by atoms with Crippen LogP contribution in [0.1, 0.15) is 23.8 Å². The fourth-order valence-electron chi connectivity index (χ4n) is 3.01. The lowest BCUT2D eigenvalue weighted by Crippen LogP contribution is -2.38. The lowest BCUT2D eigenvalue weighted by atomic mass is 10.1. The number of H-pyrrole nitrogens is 1. The molecule has 150 valence electrons. The summed E-state index contributed by atoms with van der Waals surface area (Å²) in [4.78, 5) is 37.9. The number of aliphatic hydroxyl groups excluding tert-OH is 1. The Hall–Kier alpha value is -2.13. The number of aromatic nitrogens is 2. The molecule has 1 fully saturated rings. The molecule has 2 aromatic rings. The minimum Gasteiger partial charge on any atom is -0.390 e. The second-order valence-electron chi connectivity index (χ2n) is 6.59. The van der Waals surface area contributed by atoms with Crippen LogP contribution < -0.4 is 16.6 Å². The van der Waals surface area contributed by atoms with Crippen LogP contribution in [0.2, 0.25) is 10.0 Å². The molecule has 3 atom stereocenters. The van der Waals surface area contributed by atoms with Crippen molar-refractivity contribution in [3.05, 3.63) is 66.4 Å². The van der Waals surface area contributed by atoms with E-state index in [1.54, 1.807) is 25.1 Å². The van der Waals surface area contributed by atoms with E-state index in [0.717, 1.165) is 0 Å². The van der Waals surface area contributed by atoms with E-state index < -0.39 is 29.7 Å². The molecule has 3 rings (SSSR count). The molecular weight excluding hydrogens is 409 g/mol. The summed E-state index contributed by atoms with van der Waals surface area (Å²) in [6.07, 6.45) is -0.786. The van der Waals surface area contributed by atoms with Crippen LogP contribution in [0.25, 0.3) is 0 Å². The van der Waals surface area contributed by atoms with Gasteiger partial charge in [0.1, 0.15) is 12.3 Å². The molecule has 2 heterocycles. The number of carbonyl (C=O) groups excluding carboxylic acids is 1. The number of nitrogens with zero attached hydrogens (tertiary/aromatic N) is 1. The number of hydrogen-bond acceptors (Lipinski definition) is 5. The highest BCUT2D eigenvalue weighted by atomic mass is 35.5. The number of aliphatic hydroxyl groups is 1. The molecule has 28 heavy (non-hydrogen) atoms. The zero-order chi connectivity index (χ0) is 20.4. The van der Waals surface area contributed by atoms with Gasteiger partial charge in [0, 0.05) is 34.8 Å². The van der Waals surface area contributed by atoms with Gasteiger partial charge < -0.3 is 15.2 Å². The molecule has 0 saturated carbocycles. The molecule has 0 aliphatic carbocycles. The number of aromatic amines is 1. The minimum atomic E-state index is -0.881. The fourth-order valence-corrected chi connectivity index (χ4v) is 3.54. The van der Waals surface area contributed by atoms with Crippen molar-refractivity contribution in [2.24, 2.45) is 0 Å². The maximum atomic E-state index is 12.2. The van der Waals surface area contributed by atoms with E-state index in [9.17, 15) is 19.5 Å². The Kier molecular flexibility index (Phi) is 6.24. The topological polar surface area (TPSA) is 113 Å². The molecule has 1 amide bonds. The van der Waals surface area contributed by atoms with Crippen LogP contribution in [0, 0.1) is 6.92 Å². The van der Waals surface area contributed by atoms with Gasteiger partial charge in [-0.1, -0.05) is 29.3 Å². The predicted molar refractivity (Wildman–Crippen MR) is 104 cm³/mol. The van der Waals surface area contributed by atoms with Crippen LogP contribution in [0.5, 0.6) is 0 Å². The number of hydrogen-bond donors (Lipinski definition) is 3. The maximum Gasteiger partial charge on any atom is 0.330 e. The molecule has 1 aromatic heterocycles. The first-order chi connectivity index (χ1) is 13.3.